The molecule has 1 aromatic heterocycles. The van der Waals surface area contributed by atoms with Gasteiger partial charge in [-0.2, -0.15) is 5.26 Å². The zero-order valence-electron chi connectivity index (χ0n) is 12.6. The van der Waals surface area contributed by atoms with E-state index in [1.54, 1.807) is 18.0 Å². The molecule has 2 rings (SSSR count). The first kappa shape index (κ1) is 17.1. The molecular weight excluding hydrogens is 318 g/mol. The van der Waals surface area contributed by atoms with Crippen molar-refractivity contribution in [2.45, 2.75) is 24.4 Å². The van der Waals surface area contributed by atoms with Crippen LogP contribution in [0.3, 0.4) is 0 Å². The molecule has 0 spiro atoms. The van der Waals surface area contributed by atoms with Crippen LogP contribution in [0.2, 0.25) is 0 Å². The number of nitrogens with zero attached hydrogens (tertiary/aromatic N) is 4. The molecule has 23 heavy (non-hydrogen) atoms. The van der Waals surface area contributed by atoms with Crippen molar-refractivity contribution in [3.63, 3.8) is 0 Å². The molecule has 1 aromatic carbocycles. The summed E-state index contributed by atoms with van der Waals surface area (Å²) in [4.78, 5) is 0.0990. The van der Waals surface area contributed by atoms with Crippen molar-refractivity contribution in [2.75, 3.05) is 13.7 Å². The van der Waals surface area contributed by atoms with Gasteiger partial charge in [-0.25, -0.2) is 13.1 Å². The van der Waals surface area contributed by atoms with Crippen LogP contribution >= 0.6 is 0 Å². The predicted octanol–water partition coefficient (Wildman–Crippen LogP) is 0.665. The number of nitriles is 1. The van der Waals surface area contributed by atoms with Crippen LogP contribution in [-0.2, 0) is 27.8 Å². The number of ether oxygens (including phenoxy) is 1. The van der Waals surface area contributed by atoms with Crippen molar-refractivity contribution in [3.05, 3.63) is 42.0 Å². The monoisotopic (exact) mass is 335 g/mol. The molecule has 122 valence electrons. The number of hydrogen-bond donors (Lipinski definition) is 1. The molecular formula is C14H17N5O3S. The topological polar surface area (TPSA) is 110 Å². The van der Waals surface area contributed by atoms with Gasteiger partial charge in [-0.15, -0.1) is 10.2 Å². The van der Waals surface area contributed by atoms with E-state index >= 15 is 0 Å². The zero-order valence-corrected chi connectivity index (χ0v) is 13.5. The van der Waals surface area contributed by atoms with E-state index < -0.39 is 10.0 Å². The van der Waals surface area contributed by atoms with E-state index in [-0.39, 0.29) is 11.4 Å². The Balaban J connectivity index is 2.02. The Bertz CT molecular complexity index is 777. The average molecular weight is 335 g/mol. The molecule has 0 amide bonds. The Labute approximate surface area is 134 Å². The number of rotatable bonds is 8. The highest BCUT2D eigenvalue weighted by atomic mass is 32.2. The third-order valence-electron chi connectivity index (χ3n) is 3.16. The van der Waals surface area contributed by atoms with Gasteiger partial charge in [0, 0.05) is 20.3 Å². The van der Waals surface area contributed by atoms with Crippen molar-refractivity contribution < 1.29 is 13.2 Å². The highest BCUT2D eigenvalue weighted by Gasteiger charge is 2.15. The van der Waals surface area contributed by atoms with Gasteiger partial charge in [-0.05, 0) is 30.7 Å². The molecule has 0 saturated heterocycles. The number of benzene rings is 1. The van der Waals surface area contributed by atoms with Crippen LogP contribution in [-0.4, -0.2) is 36.9 Å². The Morgan fingerprint density at radius 3 is 2.74 bits per heavy atom. The molecule has 0 aliphatic rings. The van der Waals surface area contributed by atoms with Gasteiger partial charge in [-0.1, -0.05) is 0 Å². The molecule has 0 unspecified atom stereocenters. The summed E-state index contributed by atoms with van der Waals surface area (Å²) >= 11 is 0. The molecule has 8 nitrogen and oxygen atoms in total. The largest absolute Gasteiger partial charge is 0.385 e. The van der Waals surface area contributed by atoms with Crippen molar-refractivity contribution in [1.29, 1.82) is 5.26 Å². The normalized spacial score (nSPS) is 11.3. The number of aromatic nitrogens is 3. The summed E-state index contributed by atoms with van der Waals surface area (Å²) in [6.07, 6.45) is 2.34. The van der Waals surface area contributed by atoms with E-state index in [1.165, 1.54) is 24.3 Å². The second-order valence-electron chi connectivity index (χ2n) is 4.75. The van der Waals surface area contributed by atoms with Gasteiger partial charge in [0.1, 0.15) is 12.2 Å². The standard InChI is InChI=1S/C14H17N5O3S/c1-22-8-2-7-19-11-16-18-14(19)10-17-23(20,21)13-5-3-12(9-15)4-6-13/h3-6,11,17H,2,7-8,10H2,1H3. The summed E-state index contributed by atoms with van der Waals surface area (Å²) in [6.45, 7) is 1.29. The third kappa shape index (κ3) is 4.59. The number of aryl methyl sites for hydroxylation is 1. The molecule has 1 heterocycles. The fourth-order valence-electron chi connectivity index (χ4n) is 1.93. The summed E-state index contributed by atoms with van der Waals surface area (Å²) in [5.74, 6) is 0.526. The summed E-state index contributed by atoms with van der Waals surface area (Å²) < 4.78 is 33.7. The highest BCUT2D eigenvalue weighted by Crippen LogP contribution is 2.10. The lowest BCUT2D eigenvalue weighted by molar-refractivity contribution is 0.190. The fraction of sp³-hybridized carbons (Fsp3) is 0.357. The van der Waals surface area contributed by atoms with Crippen LogP contribution in [0.5, 0.6) is 0 Å². The molecule has 9 heteroatoms. The molecule has 2 aromatic rings. The van der Waals surface area contributed by atoms with E-state index in [4.69, 9.17) is 10.00 Å². The number of nitrogens with one attached hydrogen (secondary N) is 1. The second-order valence-corrected chi connectivity index (χ2v) is 6.51. The smallest absolute Gasteiger partial charge is 0.240 e. The molecule has 0 atom stereocenters. The second kappa shape index (κ2) is 7.82. The lowest BCUT2D eigenvalue weighted by Crippen LogP contribution is -2.25. The van der Waals surface area contributed by atoms with Crippen LogP contribution in [0, 0.1) is 11.3 Å². The minimum absolute atomic E-state index is 0.0370. The molecule has 0 aliphatic heterocycles. The van der Waals surface area contributed by atoms with Gasteiger partial charge in [0.15, 0.2) is 0 Å². The van der Waals surface area contributed by atoms with Crippen molar-refractivity contribution in [1.82, 2.24) is 19.5 Å². The number of sulfonamides is 1. The minimum atomic E-state index is -3.67. The first-order chi connectivity index (χ1) is 11.1. The van der Waals surface area contributed by atoms with Gasteiger partial charge in [0.05, 0.1) is 23.1 Å². The van der Waals surface area contributed by atoms with Crippen LogP contribution in [0.25, 0.3) is 0 Å². The summed E-state index contributed by atoms with van der Waals surface area (Å²) in [6, 6.07) is 7.65. The van der Waals surface area contributed by atoms with E-state index in [2.05, 4.69) is 14.9 Å². The SMILES string of the molecule is COCCCn1cnnc1CNS(=O)(=O)c1ccc(C#N)cc1. The fourth-order valence-corrected chi connectivity index (χ4v) is 2.91. The van der Waals surface area contributed by atoms with Crippen LogP contribution in [0.4, 0.5) is 0 Å². The lowest BCUT2D eigenvalue weighted by atomic mass is 10.2. The summed E-state index contributed by atoms with van der Waals surface area (Å²) in [5.41, 5.74) is 0.404. The summed E-state index contributed by atoms with van der Waals surface area (Å²) in [5, 5.41) is 16.5. The zero-order chi connectivity index (χ0) is 16.7. The number of hydrogen-bond acceptors (Lipinski definition) is 6. The van der Waals surface area contributed by atoms with Gasteiger partial charge in [0.2, 0.25) is 10.0 Å². The van der Waals surface area contributed by atoms with Gasteiger partial charge in [-0.3, -0.25) is 0 Å². The molecule has 0 radical (unpaired) electrons. The highest BCUT2D eigenvalue weighted by molar-refractivity contribution is 7.89. The molecule has 0 fully saturated rings. The maximum atomic E-state index is 12.2. The van der Waals surface area contributed by atoms with Crippen LogP contribution < -0.4 is 4.72 Å². The predicted molar refractivity (Wildman–Crippen MR) is 81.7 cm³/mol. The Morgan fingerprint density at radius 1 is 1.35 bits per heavy atom. The van der Waals surface area contributed by atoms with Crippen LogP contribution in [0.15, 0.2) is 35.5 Å². The average Bonchev–Trinajstić information content (AvgIpc) is 3.01. The van der Waals surface area contributed by atoms with Crippen molar-refractivity contribution >= 4 is 10.0 Å². The van der Waals surface area contributed by atoms with Crippen LogP contribution in [0.1, 0.15) is 17.8 Å². The van der Waals surface area contributed by atoms with Gasteiger partial charge >= 0.3 is 0 Å². The first-order valence-corrected chi connectivity index (χ1v) is 8.40. The first-order valence-electron chi connectivity index (χ1n) is 6.92. The summed E-state index contributed by atoms with van der Waals surface area (Å²) in [7, 11) is -2.04. The van der Waals surface area contributed by atoms with E-state index in [0.29, 0.717) is 24.5 Å². The quantitative estimate of drug-likeness (QED) is 0.710. The van der Waals surface area contributed by atoms with Gasteiger partial charge in [0.25, 0.3) is 0 Å². The lowest BCUT2D eigenvalue weighted by Gasteiger charge is -2.08. The molecule has 0 saturated carbocycles. The van der Waals surface area contributed by atoms with E-state index in [0.717, 1.165) is 6.42 Å². The van der Waals surface area contributed by atoms with E-state index in [1.807, 2.05) is 6.07 Å². The van der Waals surface area contributed by atoms with Gasteiger partial charge < -0.3 is 9.30 Å². The van der Waals surface area contributed by atoms with Crippen molar-refractivity contribution in [2.24, 2.45) is 0 Å². The molecule has 0 aliphatic carbocycles. The Kier molecular flexibility index (Phi) is 5.81. The maximum Gasteiger partial charge on any atom is 0.240 e. The Hall–Kier alpha value is -2.28. The minimum Gasteiger partial charge on any atom is -0.385 e. The number of methoxy groups -OCH3 is 1. The maximum absolute atomic E-state index is 12.2. The van der Waals surface area contributed by atoms with Crippen molar-refractivity contribution in [3.8, 4) is 6.07 Å². The van der Waals surface area contributed by atoms with E-state index in [9.17, 15) is 8.42 Å². The third-order valence-corrected chi connectivity index (χ3v) is 4.57. The Morgan fingerprint density at radius 2 is 2.09 bits per heavy atom. The molecule has 1 N–H and O–H groups in total. The molecule has 0 bridgehead atoms.